The van der Waals surface area contributed by atoms with E-state index in [1.165, 1.54) is 4.90 Å². The minimum atomic E-state index is -0.336. The summed E-state index contributed by atoms with van der Waals surface area (Å²) in [6.07, 6.45) is 0.144. The highest BCUT2D eigenvalue weighted by molar-refractivity contribution is 5.94. The summed E-state index contributed by atoms with van der Waals surface area (Å²) in [6, 6.07) is 7.48. The van der Waals surface area contributed by atoms with Crippen LogP contribution in [0.2, 0.25) is 0 Å². The van der Waals surface area contributed by atoms with Crippen molar-refractivity contribution in [3.63, 3.8) is 0 Å². The van der Waals surface area contributed by atoms with Gasteiger partial charge in [0.1, 0.15) is 0 Å². The number of hydrogen-bond acceptors (Lipinski definition) is 3. The molecule has 1 rings (SSSR count). The van der Waals surface area contributed by atoms with Gasteiger partial charge < -0.3 is 15.5 Å². The summed E-state index contributed by atoms with van der Waals surface area (Å²) in [5, 5.41) is 5.56. The van der Waals surface area contributed by atoms with E-state index in [1.54, 1.807) is 19.2 Å². The number of benzene rings is 1. The Labute approximate surface area is 162 Å². The second kappa shape index (κ2) is 9.02. The first-order chi connectivity index (χ1) is 12.3. The summed E-state index contributed by atoms with van der Waals surface area (Å²) in [5.74, 6) is -0.611. The maximum Gasteiger partial charge on any atom is 0.251 e. The van der Waals surface area contributed by atoms with Gasteiger partial charge in [-0.2, -0.15) is 0 Å². The molecule has 0 spiro atoms. The molecule has 0 aliphatic carbocycles. The Morgan fingerprint density at radius 2 is 1.52 bits per heavy atom. The van der Waals surface area contributed by atoms with E-state index >= 15 is 0 Å². The molecule has 6 nitrogen and oxygen atoms in total. The Morgan fingerprint density at radius 3 is 2.00 bits per heavy atom. The van der Waals surface area contributed by atoms with Crippen LogP contribution in [0.5, 0.6) is 0 Å². The van der Waals surface area contributed by atoms with Gasteiger partial charge in [0, 0.05) is 31.1 Å². The van der Waals surface area contributed by atoms with E-state index < -0.39 is 0 Å². The van der Waals surface area contributed by atoms with Gasteiger partial charge in [0.15, 0.2) is 0 Å². The number of nitrogens with one attached hydrogen (secondary N) is 2. The average molecular weight is 376 g/mol. The standard InChI is InChI=1S/C21H33N3O3/c1-20(2,3)16-10-8-15(9-11-16)19(27)22-13-12-18(26)24(7)14-17(25)23-21(4,5)6/h8-11H,12-14H2,1-7H3,(H,22,27)(H,23,25). The van der Waals surface area contributed by atoms with Crippen LogP contribution in [0.4, 0.5) is 0 Å². The molecule has 0 atom stereocenters. The van der Waals surface area contributed by atoms with Gasteiger partial charge in [-0.05, 0) is 43.9 Å². The third kappa shape index (κ3) is 8.24. The Kier molecular flexibility index (Phi) is 7.57. The first-order valence-electron chi connectivity index (χ1n) is 9.23. The summed E-state index contributed by atoms with van der Waals surface area (Å²) in [7, 11) is 1.58. The van der Waals surface area contributed by atoms with Crippen molar-refractivity contribution in [1.82, 2.24) is 15.5 Å². The Bertz CT molecular complexity index is 667. The molecule has 0 saturated carbocycles. The molecule has 150 valence electrons. The highest BCUT2D eigenvalue weighted by atomic mass is 16.2. The topological polar surface area (TPSA) is 78.5 Å². The second-order valence-electron chi connectivity index (χ2n) is 8.88. The average Bonchev–Trinajstić information content (AvgIpc) is 2.51. The van der Waals surface area contributed by atoms with Crippen molar-refractivity contribution in [1.29, 1.82) is 0 Å². The SMILES string of the molecule is CN(CC(=O)NC(C)(C)C)C(=O)CCNC(=O)c1ccc(C(C)(C)C)cc1. The van der Waals surface area contributed by atoms with Gasteiger partial charge >= 0.3 is 0 Å². The van der Waals surface area contributed by atoms with Crippen molar-refractivity contribution in [3.05, 3.63) is 35.4 Å². The van der Waals surface area contributed by atoms with E-state index in [4.69, 9.17) is 0 Å². The fourth-order valence-electron chi connectivity index (χ4n) is 2.46. The van der Waals surface area contributed by atoms with Crippen molar-refractivity contribution >= 4 is 17.7 Å². The number of likely N-dealkylation sites (N-methyl/N-ethyl adjacent to an activating group) is 1. The van der Waals surface area contributed by atoms with Crippen LogP contribution in [0.1, 0.15) is 63.9 Å². The number of amides is 3. The molecular formula is C21H33N3O3. The molecule has 27 heavy (non-hydrogen) atoms. The summed E-state index contributed by atoms with van der Waals surface area (Å²) in [4.78, 5) is 37.5. The number of nitrogens with zero attached hydrogens (tertiary/aromatic N) is 1. The Balaban J connectivity index is 2.44. The highest BCUT2D eigenvalue weighted by Crippen LogP contribution is 2.22. The first-order valence-corrected chi connectivity index (χ1v) is 9.23. The monoisotopic (exact) mass is 375 g/mol. The molecular weight excluding hydrogens is 342 g/mol. The summed E-state index contributed by atoms with van der Waals surface area (Å²) in [5.41, 5.74) is 1.42. The lowest BCUT2D eigenvalue weighted by Crippen LogP contribution is -2.46. The second-order valence-corrected chi connectivity index (χ2v) is 8.88. The number of hydrogen-bond donors (Lipinski definition) is 2. The van der Waals surface area contributed by atoms with Gasteiger partial charge in [0.2, 0.25) is 11.8 Å². The van der Waals surface area contributed by atoms with Crippen molar-refractivity contribution in [2.45, 2.75) is 58.9 Å². The van der Waals surface area contributed by atoms with E-state index in [9.17, 15) is 14.4 Å². The van der Waals surface area contributed by atoms with Crippen LogP contribution in [-0.4, -0.2) is 48.3 Å². The summed E-state index contributed by atoms with van der Waals surface area (Å²) >= 11 is 0. The molecule has 6 heteroatoms. The molecule has 0 aliphatic rings. The van der Waals surface area contributed by atoms with E-state index in [1.807, 2.05) is 32.9 Å². The first kappa shape index (κ1) is 22.7. The van der Waals surface area contributed by atoms with Crippen molar-refractivity contribution in [2.24, 2.45) is 0 Å². The molecule has 0 fully saturated rings. The van der Waals surface area contributed by atoms with Gasteiger partial charge in [-0.15, -0.1) is 0 Å². The van der Waals surface area contributed by atoms with E-state index in [0.717, 1.165) is 5.56 Å². The van der Waals surface area contributed by atoms with Crippen molar-refractivity contribution < 1.29 is 14.4 Å². The van der Waals surface area contributed by atoms with Crippen LogP contribution in [0.15, 0.2) is 24.3 Å². The predicted molar refractivity (Wildman–Crippen MR) is 108 cm³/mol. The minimum absolute atomic E-state index is 0.00167. The van der Waals surface area contributed by atoms with Crippen LogP contribution in [0.3, 0.4) is 0 Å². The lowest BCUT2D eigenvalue weighted by Gasteiger charge is -2.23. The number of rotatable bonds is 6. The Morgan fingerprint density at radius 1 is 0.963 bits per heavy atom. The lowest BCUT2D eigenvalue weighted by atomic mass is 9.87. The van der Waals surface area contributed by atoms with Crippen LogP contribution in [0.25, 0.3) is 0 Å². The zero-order valence-corrected chi connectivity index (χ0v) is 17.6. The van der Waals surface area contributed by atoms with Crippen LogP contribution in [-0.2, 0) is 15.0 Å². The quantitative estimate of drug-likeness (QED) is 0.802. The van der Waals surface area contributed by atoms with Crippen molar-refractivity contribution in [3.8, 4) is 0 Å². The van der Waals surface area contributed by atoms with E-state index in [2.05, 4.69) is 31.4 Å². The molecule has 0 heterocycles. The molecule has 1 aromatic rings. The predicted octanol–water partition coefficient (Wildman–Crippen LogP) is 2.48. The smallest absolute Gasteiger partial charge is 0.251 e. The normalized spacial score (nSPS) is 11.7. The van der Waals surface area contributed by atoms with Crippen molar-refractivity contribution in [2.75, 3.05) is 20.1 Å². The van der Waals surface area contributed by atoms with Crippen LogP contribution >= 0.6 is 0 Å². The zero-order chi connectivity index (χ0) is 20.8. The minimum Gasteiger partial charge on any atom is -0.352 e. The Hall–Kier alpha value is -2.37. The van der Waals surface area contributed by atoms with Gasteiger partial charge in [-0.3, -0.25) is 14.4 Å². The third-order valence-corrected chi connectivity index (χ3v) is 3.96. The lowest BCUT2D eigenvalue weighted by molar-refractivity contribution is -0.135. The fourth-order valence-corrected chi connectivity index (χ4v) is 2.46. The molecule has 0 radical (unpaired) electrons. The van der Waals surface area contributed by atoms with Gasteiger partial charge in [-0.25, -0.2) is 0 Å². The molecule has 0 aliphatic heterocycles. The molecule has 3 amide bonds. The van der Waals surface area contributed by atoms with Gasteiger partial charge in [0.05, 0.1) is 6.54 Å². The summed E-state index contributed by atoms with van der Waals surface area (Å²) < 4.78 is 0. The van der Waals surface area contributed by atoms with E-state index in [-0.39, 0.29) is 48.2 Å². The number of carbonyl (C=O) groups excluding carboxylic acids is 3. The van der Waals surface area contributed by atoms with Gasteiger partial charge in [-0.1, -0.05) is 32.9 Å². The molecule has 1 aromatic carbocycles. The summed E-state index contributed by atoms with van der Waals surface area (Å²) in [6.45, 7) is 12.2. The molecule has 0 unspecified atom stereocenters. The molecule has 2 N–H and O–H groups in total. The zero-order valence-electron chi connectivity index (χ0n) is 17.6. The third-order valence-electron chi connectivity index (χ3n) is 3.96. The molecule has 0 bridgehead atoms. The van der Waals surface area contributed by atoms with Crippen LogP contribution < -0.4 is 10.6 Å². The molecule has 0 aromatic heterocycles. The maximum absolute atomic E-state index is 12.2. The molecule has 0 saturated heterocycles. The highest BCUT2D eigenvalue weighted by Gasteiger charge is 2.18. The van der Waals surface area contributed by atoms with E-state index in [0.29, 0.717) is 5.56 Å². The van der Waals surface area contributed by atoms with Gasteiger partial charge in [0.25, 0.3) is 5.91 Å². The van der Waals surface area contributed by atoms with Crippen LogP contribution in [0, 0.1) is 0 Å². The largest absolute Gasteiger partial charge is 0.352 e. The maximum atomic E-state index is 12.2. The fraction of sp³-hybridized carbons (Fsp3) is 0.571. The number of carbonyl (C=O) groups is 3.